The van der Waals surface area contributed by atoms with Gasteiger partial charge >= 0.3 is 199 Å². The molecule has 1 heterocycles. The number of allylic oxidation sites excluding steroid dienone is 2. The average Bonchev–Trinajstić information content (AvgIpc) is 3.22. The summed E-state index contributed by atoms with van der Waals surface area (Å²) >= 11 is -1.07. The van der Waals surface area contributed by atoms with Gasteiger partial charge in [0, 0.05) is 0 Å². The number of unbranched alkanes of at least 4 members (excludes halogenated alkanes) is 3. The van der Waals surface area contributed by atoms with Gasteiger partial charge in [-0.05, 0) is 0 Å². The summed E-state index contributed by atoms with van der Waals surface area (Å²) in [5.74, 6) is 0.0182. The first-order chi connectivity index (χ1) is 14.9. The predicted octanol–water partition coefficient (Wildman–Crippen LogP) is 7.96. The molecule has 172 valence electrons. The summed E-state index contributed by atoms with van der Waals surface area (Å²) in [6.07, 6.45) is 11.9. The molecule has 0 saturated carbocycles. The zero-order valence-electron chi connectivity index (χ0n) is 19.7. The molecule has 0 amide bonds. The van der Waals surface area contributed by atoms with Crippen molar-refractivity contribution in [1.82, 2.24) is 4.98 Å². The molecule has 6 heteroatoms. The summed E-state index contributed by atoms with van der Waals surface area (Å²) in [5, 5.41) is 0. The molecule has 3 nitrogen and oxygen atoms in total. The number of hydrogen-bond donors (Lipinski definition) is 0. The van der Waals surface area contributed by atoms with Gasteiger partial charge in [-0.25, -0.2) is 0 Å². The molecule has 0 radical (unpaired) electrons. The van der Waals surface area contributed by atoms with Gasteiger partial charge in [-0.3, -0.25) is 0 Å². The Kier molecular flexibility index (Phi) is 11.3. The third-order valence-electron chi connectivity index (χ3n) is 5.95. The molecule has 0 atom stereocenters. The molecule has 0 saturated heterocycles. The van der Waals surface area contributed by atoms with E-state index in [2.05, 4.69) is 35.9 Å². The van der Waals surface area contributed by atoms with Crippen LogP contribution in [0.3, 0.4) is 0 Å². The van der Waals surface area contributed by atoms with Crippen LogP contribution in [-0.4, -0.2) is 37.5 Å². The van der Waals surface area contributed by atoms with Crippen LogP contribution in [-0.2, 0) is 9.84 Å². The van der Waals surface area contributed by atoms with Crippen LogP contribution < -0.4 is 0 Å². The second kappa shape index (κ2) is 13.1. The molecule has 0 spiro atoms. The minimum atomic E-state index is -3.40. The van der Waals surface area contributed by atoms with Crippen molar-refractivity contribution in [1.29, 1.82) is 0 Å². The van der Waals surface area contributed by atoms with Gasteiger partial charge in [-0.1, -0.05) is 0 Å². The fraction of sp³-hybridized carbons (Fsp3) is 0.560. The van der Waals surface area contributed by atoms with Crippen LogP contribution in [0.5, 0.6) is 0 Å². The van der Waals surface area contributed by atoms with Gasteiger partial charge in [-0.15, -0.1) is 0 Å². The molecule has 0 N–H and O–H groups in total. The van der Waals surface area contributed by atoms with E-state index < -0.39 is 28.2 Å². The molecule has 2 rings (SSSR count). The molecule has 0 bridgehead atoms. The van der Waals surface area contributed by atoms with E-state index in [0.717, 1.165) is 15.8 Å². The van der Waals surface area contributed by atoms with E-state index in [-0.39, 0.29) is 10.1 Å². The van der Waals surface area contributed by atoms with Crippen LogP contribution in [0, 0.1) is 0 Å². The Bertz CT molecular complexity index is 922. The number of thiazole rings is 1. The fourth-order valence-electron chi connectivity index (χ4n) is 3.88. The van der Waals surface area contributed by atoms with Crippen molar-refractivity contribution in [3.63, 3.8) is 0 Å². The summed E-state index contributed by atoms with van der Waals surface area (Å²) in [4.78, 5) is 4.34. The normalized spacial score (nSPS) is 13.5. The second-order valence-electron chi connectivity index (χ2n) is 8.68. The number of benzene rings is 1. The topological polar surface area (TPSA) is 47.0 Å². The van der Waals surface area contributed by atoms with Gasteiger partial charge in [0.15, 0.2) is 0 Å². The average molecular weight is 568 g/mol. The first-order valence-corrected chi connectivity index (χ1v) is 22.0. The Morgan fingerprint density at radius 1 is 1.00 bits per heavy atom. The Balaban J connectivity index is 2.16. The molecule has 0 aliphatic heterocycles. The van der Waals surface area contributed by atoms with Gasteiger partial charge in [0.05, 0.1) is 0 Å². The number of nitrogens with zero attached hydrogens (tertiary/aromatic N) is 1. The van der Waals surface area contributed by atoms with Crippen LogP contribution in [0.25, 0.3) is 10.2 Å². The zero-order valence-corrected chi connectivity index (χ0v) is 24.2. The van der Waals surface area contributed by atoms with Crippen molar-refractivity contribution in [2.75, 3.05) is 5.75 Å². The van der Waals surface area contributed by atoms with Crippen LogP contribution >= 0.6 is 11.3 Å². The fourth-order valence-corrected chi connectivity index (χ4v) is 20.8. The molecule has 31 heavy (non-hydrogen) atoms. The maximum atomic E-state index is 12.8. The van der Waals surface area contributed by atoms with E-state index in [1.54, 1.807) is 0 Å². The van der Waals surface area contributed by atoms with Crippen LogP contribution in [0.4, 0.5) is 0 Å². The van der Waals surface area contributed by atoms with E-state index in [0.29, 0.717) is 0 Å². The van der Waals surface area contributed by atoms with E-state index in [4.69, 9.17) is 0 Å². The Morgan fingerprint density at radius 3 is 2.13 bits per heavy atom. The van der Waals surface area contributed by atoms with Crippen molar-refractivity contribution in [3.05, 3.63) is 46.1 Å². The SMILES string of the molecule is CCC[CH2][Sn](/[CH]=C/C(C)=C/CS(=O)(=O)c1nc2ccccc2s1)([CH2]CCC)[CH2]CCC. The van der Waals surface area contributed by atoms with E-state index in [1.165, 1.54) is 63.2 Å². The number of hydrogen-bond acceptors (Lipinski definition) is 4. The first-order valence-electron chi connectivity index (χ1n) is 11.8. The number of rotatable bonds is 14. The number of fused-ring (bicyclic) bond motifs is 1. The Labute approximate surface area is 197 Å². The predicted molar refractivity (Wildman–Crippen MR) is 139 cm³/mol. The minimum absolute atomic E-state index is 0.0182. The molecule has 0 fully saturated rings. The summed E-state index contributed by atoms with van der Waals surface area (Å²) < 4.78 is 33.7. The zero-order chi connectivity index (χ0) is 22.7. The molecule has 2 aromatic rings. The molecule has 0 unspecified atom stereocenters. The Hall–Kier alpha value is -0.661. The third kappa shape index (κ3) is 8.32. The number of sulfone groups is 1. The van der Waals surface area contributed by atoms with Crippen LogP contribution in [0.2, 0.25) is 13.3 Å². The van der Waals surface area contributed by atoms with E-state index >= 15 is 0 Å². The second-order valence-corrected chi connectivity index (χ2v) is 24.9. The molecule has 0 aliphatic rings. The molecular formula is C25H39NO2S2Sn. The summed E-state index contributed by atoms with van der Waals surface area (Å²) in [6, 6.07) is 7.59. The van der Waals surface area contributed by atoms with Gasteiger partial charge in [0.25, 0.3) is 0 Å². The van der Waals surface area contributed by atoms with Gasteiger partial charge < -0.3 is 0 Å². The van der Waals surface area contributed by atoms with E-state index in [9.17, 15) is 8.42 Å². The number of aromatic nitrogens is 1. The van der Waals surface area contributed by atoms with Crippen molar-refractivity contribution in [2.45, 2.75) is 83.9 Å². The van der Waals surface area contributed by atoms with Crippen LogP contribution in [0.1, 0.15) is 66.2 Å². The maximum absolute atomic E-state index is 12.8. The summed E-state index contributed by atoms with van der Waals surface area (Å²) in [7, 11) is -3.40. The third-order valence-corrected chi connectivity index (χ3v) is 23.1. The molecule has 0 aliphatic carbocycles. The Morgan fingerprint density at radius 2 is 1.58 bits per heavy atom. The van der Waals surface area contributed by atoms with Crippen molar-refractivity contribution < 1.29 is 8.42 Å². The quantitative estimate of drug-likeness (QED) is 0.172. The van der Waals surface area contributed by atoms with Gasteiger partial charge in [0.1, 0.15) is 0 Å². The molecule has 1 aromatic carbocycles. The molecule has 1 aromatic heterocycles. The van der Waals surface area contributed by atoms with Gasteiger partial charge in [0.2, 0.25) is 0 Å². The van der Waals surface area contributed by atoms with Crippen molar-refractivity contribution in [3.8, 4) is 0 Å². The standard InChI is InChI=1S/C13H12NO2S2.3C4H9.Sn/c1-3-10(2)8-9-18(15,16)13-14-11-6-4-5-7-12(11)17-13;3*1-3-4-2;/h1,3-8H,9H2,2H3;3*1,3-4H2,2H3;/b3-1?,10-8+;;;;. The first kappa shape index (κ1) is 26.6. The van der Waals surface area contributed by atoms with Crippen molar-refractivity contribution in [2.24, 2.45) is 0 Å². The summed E-state index contributed by atoms with van der Waals surface area (Å²) in [6.45, 7) is 8.91. The summed E-state index contributed by atoms with van der Waals surface area (Å²) in [5.41, 5.74) is 1.82. The monoisotopic (exact) mass is 569 g/mol. The molecular weight excluding hydrogens is 529 g/mol. The van der Waals surface area contributed by atoms with Crippen molar-refractivity contribution >= 4 is 49.8 Å². The van der Waals surface area contributed by atoms with Gasteiger partial charge in [-0.2, -0.15) is 0 Å². The van der Waals surface area contributed by atoms with Crippen LogP contribution in [0.15, 0.2) is 50.4 Å². The number of para-hydroxylation sites is 1. The van der Waals surface area contributed by atoms with E-state index in [1.807, 2.05) is 37.3 Å².